The average molecular weight is 602 g/mol. The Balaban J connectivity index is 1.91. The molecule has 0 aromatic heterocycles. The third-order valence-corrected chi connectivity index (χ3v) is 7.66. The minimum atomic E-state index is -4.10. The highest BCUT2D eigenvalue weighted by atomic mass is 127. The molecule has 0 saturated heterocycles. The molecule has 0 heterocycles. The maximum absolute atomic E-state index is 13.3. The molecule has 0 aliphatic rings. The number of rotatable bonds is 7. The second-order valence-electron chi connectivity index (χ2n) is 6.64. The molecular weight excluding hydrogens is 584 g/mol. The first kappa shape index (κ1) is 24.5. The number of carbonyl (C=O) groups excluding carboxylic acids is 1. The Hall–Kier alpha value is -2.14. The molecule has 3 aromatic carbocycles. The molecule has 3 aromatic rings. The van der Waals surface area contributed by atoms with Gasteiger partial charge in [0.1, 0.15) is 6.54 Å². The molecule has 0 unspecified atom stereocenters. The lowest BCUT2D eigenvalue weighted by atomic mass is 10.1. The van der Waals surface area contributed by atoms with Crippen LogP contribution in [-0.4, -0.2) is 26.6 Å². The summed E-state index contributed by atoms with van der Waals surface area (Å²) in [5.74, 6) is -0.634. The van der Waals surface area contributed by atoms with E-state index in [2.05, 4.69) is 33.1 Å². The number of halogens is 3. The molecule has 0 fully saturated rings. The Labute approximate surface area is 210 Å². The van der Waals surface area contributed by atoms with Crippen molar-refractivity contribution in [2.75, 3.05) is 10.8 Å². The molecule has 0 spiro atoms. The molecular formula is C22H18Cl2IN3O3S. The Morgan fingerprint density at radius 2 is 1.72 bits per heavy atom. The van der Waals surface area contributed by atoms with E-state index >= 15 is 0 Å². The number of hydrogen-bond donors (Lipinski definition) is 1. The van der Waals surface area contributed by atoms with Gasteiger partial charge < -0.3 is 0 Å². The Morgan fingerprint density at radius 3 is 2.41 bits per heavy atom. The largest absolute Gasteiger partial charge is 0.271 e. The molecule has 0 saturated carbocycles. The van der Waals surface area contributed by atoms with E-state index in [1.54, 1.807) is 31.2 Å². The molecule has 0 aliphatic heterocycles. The number of nitrogens with zero attached hydrogens (tertiary/aromatic N) is 2. The van der Waals surface area contributed by atoms with Gasteiger partial charge in [0, 0.05) is 3.57 Å². The van der Waals surface area contributed by atoms with Crippen LogP contribution in [-0.2, 0) is 14.8 Å². The van der Waals surface area contributed by atoms with Crippen molar-refractivity contribution in [1.29, 1.82) is 0 Å². The minimum Gasteiger partial charge on any atom is -0.271 e. The van der Waals surface area contributed by atoms with Crippen LogP contribution in [0.25, 0.3) is 0 Å². The maximum atomic E-state index is 13.3. The fourth-order valence-corrected chi connectivity index (χ4v) is 5.24. The minimum absolute atomic E-state index is 0.0161. The lowest BCUT2D eigenvalue weighted by Crippen LogP contribution is -2.40. The molecule has 10 heteroatoms. The topological polar surface area (TPSA) is 78.8 Å². The standard InChI is InChI=1S/C22H18Cl2IN3O3S/c1-15(16-7-5-8-17(25)13-16)26-27-21(29)14-28(20-12-6-11-19(23)22(20)24)32(30,31)18-9-3-2-4-10-18/h2-13H,14H2,1H3,(H,27,29)/b26-15-. The van der Waals surface area contributed by atoms with E-state index in [0.29, 0.717) is 5.71 Å². The Kier molecular flexibility index (Phi) is 8.16. The normalized spacial score (nSPS) is 11.8. The van der Waals surface area contributed by atoms with Crippen molar-refractivity contribution >= 4 is 73.1 Å². The zero-order chi connectivity index (χ0) is 23.3. The number of sulfonamides is 1. The number of hydrogen-bond acceptors (Lipinski definition) is 4. The summed E-state index contributed by atoms with van der Waals surface area (Å²) >= 11 is 14.6. The maximum Gasteiger partial charge on any atom is 0.264 e. The summed E-state index contributed by atoms with van der Waals surface area (Å²) in [6.45, 7) is 1.21. The summed E-state index contributed by atoms with van der Waals surface area (Å²) in [7, 11) is -4.10. The van der Waals surface area contributed by atoms with Crippen LogP contribution in [0.2, 0.25) is 10.0 Å². The van der Waals surface area contributed by atoms with Gasteiger partial charge in [-0.1, -0.05) is 59.6 Å². The van der Waals surface area contributed by atoms with Crippen molar-refractivity contribution < 1.29 is 13.2 Å². The van der Waals surface area contributed by atoms with Crippen LogP contribution >= 0.6 is 45.8 Å². The first-order valence-electron chi connectivity index (χ1n) is 9.31. The van der Waals surface area contributed by atoms with E-state index in [1.165, 1.54) is 24.3 Å². The molecule has 32 heavy (non-hydrogen) atoms. The summed E-state index contributed by atoms with van der Waals surface area (Å²) in [6, 6.07) is 20.0. The van der Waals surface area contributed by atoms with Gasteiger partial charge in [-0.15, -0.1) is 0 Å². The third-order valence-electron chi connectivity index (χ3n) is 4.41. The molecule has 1 amide bonds. The smallest absolute Gasteiger partial charge is 0.264 e. The van der Waals surface area contributed by atoms with Crippen molar-refractivity contribution in [1.82, 2.24) is 5.43 Å². The van der Waals surface area contributed by atoms with E-state index in [0.717, 1.165) is 13.4 Å². The second-order valence-corrected chi connectivity index (χ2v) is 10.5. The molecule has 0 aliphatic carbocycles. The summed E-state index contributed by atoms with van der Waals surface area (Å²) in [4.78, 5) is 12.7. The lowest BCUT2D eigenvalue weighted by Gasteiger charge is -2.25. The van der Waals surface area contributed by atoms with Crippen molar-refractivity contribution in [3.05, 3.63) is 92.0 Å². The van der Waals surface area contributed by atoms with Crippen LogP contribution in [0.5, 0.6) is 0 Å². The van der Waals surface area contributed by atoms with Gasteiger partial charge in [-0.05, 0) is 71.5 Å². The van der Waals surface area contributed by atoms with Crippen LogP contribution in [0, 0.1) is 3.57 Å². The molecule has 0 bridgehead atoms. The van der Waals surface area contributed by atoms with Gasteiger partial charge >= 0.3 is 0 Å². The number of carbonyl (C=O) groups is 1. The SMILES string of the molecule is C/C(=N/NC(=O)CN(c1cccc(Cl)c1Cl)S(=O)(=O)c1ccccc1)c1cccc(I)c1. The van der Waals surface area contributed by atoms with Crippen molar-refractivity contribution in [3.63, 3.8) is 0 Å². The van der Waals surface area contributed by atoms with Gasteiger partial charge in [-0.3, -0.25) is 9.10 Å². The monoisotopic (exact) mass is 601 g/mol. The number of benzene rings is 3. The number of anilines is 1. The van der Waals surface area contributed by atoms with E-state index < -0.39 is 22.5 Å². The van der Waals surface area contributed by atoms with Crippen LogP contribution in [0.4, 0.5) is 5.69 Å². The van der Waals surface area contributed by atoms with E-state index in [4.69, 9.17) is 23.2 Å². The quantitative estimate of drug-likeness (QED) is 0.226. The van der Waals surface area contributed by atoms with Gasteiger partial charge in [-0.2, -0.15) is 5.10 Å². The summed E-state index contributed by atoms with van der Waals surface area (Å²) in [6.07, 6.45) is 0. The van der Waals surface area contributed by atoms with E-state index in [9.17, 15) is 13.2 Å². The van der Waals surface area contributed by atoms with Gasteiger partial charge in [0.25, 0.3) is 15.9 Å². The number of amides is 1. The fraction of sp³-hybridized carbons (Fsp3) is 0.0909. The predicted octanol–water partition coefficient (Wildman–Crippen LogP) is 5.33. The van der Waals surface area contributed by atoms with Crippen molar-refractivity contribution in [3.8, 4) is 0 Å². The van der Waals surface area contributed by atoms with E-state index in [-0.39, 0.29) is 20.6 Å². The summed E-state index contributed by atoms with van der Waals surface area (Å²) in [5, 5.41) is 4.31. The highest BCUT2D eigenvalue weighted by molar-refractivity contribution is 14.1. The fourth-order valence-electron chi connectivity index (χ4n) is 2.79. The first-order valence-corrected chi connectivity index (χ1v) is 12.6. The highest BCUT2D eigenvalue weighted by Crippen LogP contribution is 2.35. The first-order chi connectivity index (χ1) is 15.2. The van der Waals surface area contributed by atoms with Crippen LogP contribution in [0.3, 0.4) is 0 Å². The summed E-state index contributed by atoms with van der Waals surface area (Å²) in [5.41, 5.74) is 3.93. The van der Waals surface area contributed by atoms with Crippen LogP contribution < -0.4 is 9.73 Å². The van der Waals surface area contributed by atoms with E-state index in [1.807, 2.05) is 24.3 Å². The zero-order valence-corrected chi connectivity index (χ0v) is 21.3. The van der Waals surface area contributed by atoms with Crippen molar-refractivity contribution in [2.24, 2.45) is 5.10 Å². The third kappa shape index (κ3) is 5.80. The van der Waals surface area contributed by atoms with Crippen molar-refractivity contribution in [2.45, 2.75) is 11.8 Å². The molecule has 166 valence electrons. The number of hydrazone groups is 1. The average Bonchev–Trinajstić information content (AvgIpc) is 2.78. The number of nitrogens with one attached hydrogen (secondary N) is 1. The highest BCUT2D eigenvalue weighted by Gasteiger charge is 2.29. The van der Waals surface area contributed by atoms with Crippen LogP contribution in [0.1, 0.15) is 12.5 Å². The van der Waals surface area contributed by atoms with Gasteiger partial charge in [0.15, 0.2) is 0 Å². The molecule has 1 N–H and O–H groups in total. The molecule has 0 atom stereocenters. The van der Waals surface area contributed by atoms with Gasteiger partial charge in [0.05, 0.1) is 26.3 Å². The second kappa shape index (κ2) is 10.7. The van der Waals surface area contributed by atoms with Gasteiger partial charge in [0.2, 0.25) is 0 Å². The summed E-state index contributed by atoms with van der Waals surface area (Å²) < 4.78 is 28.6. The molecule has 0 radical (unpaired) electrons. The predicted molar refractivity (Wildman–Crippen MR) is 137 cm³/mol. The Bertz CT molecular complexity index is 1270. The molecule has 3 rings (SSSR count). The lowest BCUT2D eigenvalue weighted by molar-refractivity contribution is -0.119. The van der Waals surface area contributed by atoms with Gasteiger partial charge in [-0.25, -0.2) is 13.8 Å². The molecule has 6 nitrogen and oxygen atoms in total. The zero-order valence-electron chi connectivity index (χ0n) is 16.8. The Morgan fingerprint density at radius 1 is 1.03 bits per heavy atom. The van der Waals surface area contributed by atoms with Crippen LogP contribution in [0.15, 0.2) is 82.8 Å².